The van der Waals surface area contributed by atoms with Crippen LogP contribution in [-0.2, 0) is 4.79 Å². The first-order chi connectivity index (χ1) is 15.2. The largest absolute Gasteiger partial charge is 0.508 e. The Morgan fingerprint density at radius 2 is 1.97 bits per heavy atom. The Morgan fingerprint density at radius 1 is 1.25 bits per heavy atom. The molecule has 1 aromatic heterocycles. The molecule has 1 saturated heterocycles. The Hall–Kier alpha value is -2.91. The van der Waals surface area contributed by atoms with Crippen molar-refractivity contribution in [2.24, 2.45) is 0 Å². The summed E-state index contributed by atoms with van der Waals surface area (Å²) in [5, 5.41) is 23.4. The summed E-state index contributed by atoms with van der Waals surface area (Å²) in [6, 6.07) is 10.2. The van der Waals surface area contributed by atoms with E-state index in [4.69, 9.17) is 4.98 Å². The van der Waals surface area contributed by atoms with Crippen molar-refractivity contribution in [3.8, 4) is 17.0 Å². The van der Waals surface area contributed by atoms with Crippen molar-refractivity contribution >= 4 is 39.8 Å². The second kappa shape index (κ2) is 8.55. The van der Waals surface area contributed by atoms with Gasteiger partial charge in [-0.05, 0) is 49.1 Å². The van der Waals surface area contributed by atoms with Crippen LogP contribution in [0.15, 0.2) is 41.8 Å². The number of phenols is 1. The molecule has 1 aliphatic heterocycles. The van der Waals surface area contributed by atoms with E-state index in [1.165, 1.54) is 29.2 Å². The van der Waals surface area contributed by atoms with E-state index in [-0.39, 0.29) is 28.5 Å². The maximum absolute atomic E-state index is 13.0. The SMILES string of the molecule is Cc1cc(O)c(C(C)C)cc1-c1csc(N2C(=O)C(C)SC2c2ccccc2[N+](=O)[O-])n1. The molecule has 1 N–H and O–H groups in total. The highest BCUT2D eigenvalue weighted by molar-refractivity contribution is 8.01. The van der Waals surface area contributed by atoms with Crippen LogP contribution in [0.5, 0.6) is 5.75 Å². The molecule has 2 aromatic carbocycles. The number of aryl methyl sites for hydroxylation is 1. The predicted octanol–water partition coefficient (Wildman–Crippen LogP) is 6.02. The van der Waals surface area contributed by atoms with E-state index in [0.717, 1.165) is 16.7 Å². The Morgan fingerprint density at radius 3 is 2.66 bits per heavy atom. The van der Waals surface area contributed by atoms with E-state index in [2.05, 4.69) is 0 Å². The van der Waals surface area contributed by atoms with Crippen LogP contribution in [0.25, 0.3) is 11.3 Å². The van der Waals surface area contributed by atoms with Gasteiger partial charge in [-0.3, -0.25) is 19.8 Å². The molecule has 7 nitrogen and oxygen atoms in total. The second-order valence-electron chi connectivity index (χ2n) is 8.05. The van der Waals surface area contributed by atoms with E-state index in [9.17, 15) is 20.0 Å². The summed E-state index contributed by atoms with van der Waals surface area (Å²) in [6.45, 7) is 7.74. The summed E-state index contributed by atoms with van der Waals surface area (Å²) in [5.74, 6) is 0.283. The highest BCUT2D eigenvalue weighted by atomic mass is 32.2. The van der Waals surface area contributed by atoms with Gasteiger partial charge in [-0.2, -0.15) is 0 Å². The summed E-state index contributed by atoms with van der Waals surface area (Å²) in [6.07, 6.45) is 0. The van der Waals surface area contributed by atoms with Crippen LogP contribution in [0.3, 0.4) is 0 Å². The first-order valence-corrected chi connectivity index (χ1v) is 12.0. The van der Waals surface area contributed by atoms with E-state index < -0.39 is 10.3 Å². The maximum atomic E-state index is 13.0. The topological polar surface area (TPSA) is 96.6 Å². The number of para-hydroxylation sites is 1. The number of amides is 1. The Balaban J connectivity index is 1.77. The Bertz CT molecular complexity index is 1210. The van der Waals surface area contributed by atoms with Gasteiger partial charge < -0.3 is 5.11 Å². The van der Waals surface area contributed by atoms with Crippen LogP contribution in [0, 0.1) is 17.0 Å². The molecular weight excluding hydrogens is 446 g/mol. The number of aromatic hydroxyl groups is 1. The molecule has 32 heavy (non-hydrogen) atoms. The zero-order chi connectivity index (χ0) is 23.2. The number of carbonyl (C=O) groups is 1. The molecular formula is C23H23N3O4S2. The fraction of sp³-hybridized carbons (Fsp3) is 0.304. The molecule has 166 valence electrons. The minimum absolute atomic E-state index is 0.00960. The predicted molar refractivity (Wildman–Crippen MR) is 128 cm³/mol. The van der Waals surface area contributed by atoms with Crippen LogP contribution in [0.4, 0.5) is 10.8 Å². The second-order valence-corrected chi connectivity index (χ2v) is 10.3. The fourth-order valence-corrected chi connectivity index (χ4v) is 6.05. The fourth-order valence-electron chi connectivity index (χ4n) is 3.84. The number of aromatic nitrogens is 1. The maximum Gasteiger partial charge on any atom is 0.275 e. The van der Waals surface area contributed by atoms with Gasteiger partial charge in [-0.15, -0.1) is 23.1 Å². The van der Waals surface area contributed by atoms with E-state index >= 15 is 0 Å². The molecule has 0 spiro atoms. The van der Waals surface area contributed by atoms with Crippen LogP contribution < -0.4 is 4.90 Å². The molecule has 0 aliphatic carbocycles. The summed E-state index contributed by atoms with van der Waals surface area (Å²) in [5.41, 5.74) is 3.80. The molecule has 1 aliphatic rings. The number of rotatable bonds is 5. The first kappa shape index (κ1) is 22.3. The van der Waals surface area contributed by atoms with Crippen molar-refractivity contribution in [1.29, 1.82) is 0 Å². The quantitative estimate of drug-likeness (QED) is 0.362. The van der Waals surface area contributed by atoms with E-state index in [1.54, 1.807) is 29.2 Å². The number of benzene rings is 2. The van der Waals surface area contributed by atoms with Crippen molar-refractivity contribution < 1.29 is 14.8 Å². The lowest BCUT2D eigenvalue weighted by molar-refractivity contribution is -0.385. The number of phenolic OH excluding ortho intramolecular Hbond substituents is 1. The van der Waals surface area contributed by atoms with Crippen molar-refractivity contribution in [1.82, 2.24) is 4.98 Å². The van der Waals surface area contributed by atoms with Gasteiger partial charge >= 0.3 is 0 Å². The zero-order valence-corrected chi connectivity index (χ0v) is 19.7. The van der Waals surface area contributed by atoms with Crippen LogP contribution >= 0.6 is 23.1 Å². The number of hydrogen-bond acceptors (Lipinski definition) is 7. The summed E-state index contributed by atoms with van der Waals surface area (Å²) < 4.78 is 0. The van der Waals surface area contributed by atoms with Crippen LogP contribution in [-0.4, -0.2) is 26.2 Å². The third-order valence-corrected chi connectivity index (χ3v) is 7.69. The lowest BCUT2D eigenvalue weighted by Gasteiger charge is -2.21. The first-order valence-electron chi connectivity index (χ1n) is 10.2. The molecule has 2 unspecified atom stereocenters. The molecule has 9 heteroatoms. The van der Waals surface area contributed by atoms with Gasteiger partial charge in [0.1, 0.15) is 11.1 Å². The van der Waals surface area contributed by atoms with Gasteiger partial charge in [-0.1, -0.05) is 26.0 Å². The third kappa shape index (κ3) is 3.86. The average Bonchev–Trinajstić information content (AvgIpc) is 3.32. The van der Waals surface area contributed by atoms with Crippen LogP contribution in [0.2, 0.25) is 0 Å². The molecule has 0 saturated carbocycles. The Kier molecular flexibility index (Phi) is 5.96. The standard InChI is InChI=1S/C23H23N3O4S2/c1-12(2)16-10-17(13(3)9-20(16)27)18-11-31-23(24-18)25-21(28)14(4)32-22(25)15-7-5-6-8-19(15)26(29)30/h5-12,14,22,27H,1-4H3. The average molecular weight is 470 g/mol. The van der Waals surface area contributed by atoms with Crippen LogP contribution in [0.1, 0.15) is 48.8 Å². The van der Waals surface area contributed by atoms with Gasteiger partial charge in [0, 0.05) is 17.0 Å². The van der Waals surface area contributed by atoms with Crippen molar-refractivity contribution in [2.45, 2.75) is 44.2 Å². The minimum atomic E-state index is -0.523. The molecule has 2 heterocycles. The monoisotopic (exact) mass is 469 g/mol. The number of anilines is 1. The van der Waals surface area contributed by atoms with Crippen molar-refractivity contribution in [3.63, 3.8) is 0 Å². The molecule has 0 bridgehead atoms. The van der Waals surface area contributed by atoms with Crippen molar-refractivity contribution in [2.75, 3.05) is 4.90 Å². The molecule has 4 rings (SSSR count). The third-order valence-electron chi connectivity index (χ3n) is 5.52. The van der Waals surface area contributed by atoms with Crippen molar-refractivity contribution in [3.05, 3.63) is 68.6 Å². The lowest BCUT2D eigenvalue weighted by Crippen LogP contribution is -2.30. The smallest absolute Gasteiger partial charge is 0.275 e. The number of nitro benzene ring substituents is 1. The number of nitro groups is 1. The summed E-state index contributed by atoms with van der Waals surface area (Å²) in [4.78, 5) is 30.5. The molecule has 2 atom stereocenters. The van der Waals surface area contributed by atoms with Gasteiger partial charge in [-0.25, -0.2) is 4.98 Å². The highest BCUT2D eigenvalue weighted by Crippen LogP contribution is 2.49. The summed E-state index contributed by atoms with van der Waals surface area (Å²) in [7, 11) is 0. The highest BCUT2D eigenvalue weighted by Gasteiger charge is 2.43. The minimum Gasteiger partial charge on any atom is -0.508 e. The van der Waals surface area contributed by atoms with E-state index in [1.807, 2.05) is 39.1 Å². The molecule has 1 fully saturated rings. The van der Waals surface area contributed by atoms with Gasteiger partial charge in [0.15, 0.2) is 5.13 Å². The van der Waals surface area contributed by atoms with Gasteiger partial charge in [0.05, 0.1) is 21.4 Å². The summed E-state index contributed by atoms with van der Waals surface area (Å²) >= 11 is 2.72. The molecule has 3 aromatic rings. The van der Waals surface area contributed by atoms with Gasteiger partial charge in [0.2, 0.25) is 5.91 Å². The number of nitrogens with zero attached hydrogens (tertiary/aromatic N) is 3. The van der Waals surface area contributed by atoms with E-state index in [0.29, 0.717) is 16.4 Å². The number of carbonyl (C=O) groups excluding carboxylic acids is 1. The normalized spacial score (nSPS) is 18.5. The molecule has 0 radical (unpaired) electrons. The van der Waals surface area contributed by atoms with Gasteiger partial charge in [0.25, 0.3) is 5.69 Å². The number of thiazole rings is 1. The number of thioether (sulfide) groups is 1. The molecule has 1 amide bonds. The Labute approximate surface area is 194 Å². The number of hydrogen-bond donors (Lipinski definition) is 1. The zero-order valence-electron chi connectivity index (χ0n) is 18.1. The lowest BCUT2D eigenvalue weighted by atomic mass is 9.95.